The summed E-state index contributed by atoms with van der Waals surface area (Å²) < 4.78 is 27.2. The fraction of sp³-hybridized carbons (Fsp3) is 0.500. The van der Waals surface area contributed by atoms with Gasteiger partial charge in [-0.1, -0.05) is 35.9 Å². The Labute approximate surface area is 237 Å². The number of benzene rings is 2. The lowest BCUT2D eigenvalue weighted by Crippen LogP contribution is -2.60. The highest BCUT2D eigenvalue weighted by Gasteiger charge is 2.47. The lowest BCUT2D eigenvalue weighted by Gasteiger charge is -2.40. The van der Waals surface area contributed by atoms with Crippen LogP contribution in [0.15, 0.2) is 36.4 Å². The van der Waals surface area contributed by atoms with Crippen LogP contribution < -0.4 is 14.8 Å². The van der Waals surface area contributed by atoms with Crippen molar-refractivity contribution in [3.05, 3.63) is 58.1 Å². The second-order valence-electron chi connectivity index (χ2n) is 9.33. The largest absolute Gasteiger partial charge is 0.493 e. The molecular weight excluding hydrogens is 546 g/mol. The summed E-state index contributed by atoms with van der Waals surface area (Å²) in [7, 11) is 4.51. The summed E-state index contributed by atoms with van der Waals surface area (Å²) in [4.78, 5) is 25.2. The average Bonchev–Trinajstić information content (AvgIpc) is 2.94. The van der Waals surface area contributed by atoms with Crippen molar-refractivity contribution in [2.45, 2.75) is 56.6 Å². The van der Waals surface area contributed by atoms with Crippen LogP contribution in [0.2, 0.25) is 5.02 Å². The van der Waals surface area contributed by atoms with Crippen molar-refractivity contribution in [3.63, 3.8) is 0 Å². The summed E-state index contributed by atoms with van der Waals surface area (Å²) in [6.07, 6.45) is -5.15. The van der Waals surface area contributed by atoms with Crippen LogP contribution in [0.3, 0.4) is 0 Å². The second-order valence-corrected chi connectivity index (χ2v) is 9.74. The van der Waals surface area contributed by atoms with Crippen LogP contribution >= 0.6 is 11.6 Å². The Bertz CT molecular complexity index is 1140. The SMILES string of the molecule is CNCCCC(=O)Cc1cccc(COc2c(Cl)cc(C(=O)O[C@H]3[C@@H](OC)O[C@H](CO)[C@@H](O)[C@@H]3O)cc2OC)c1. The van der Waals surface area contributed by atoms with Gasteiger partial charge in [0.15, 0.2) is 23.9 Å². The summed E-state index contributed by atoms with van der Waals surface area (Å²) in [5.74, 6) is -0.360. The summed E-state index contributed by atoms with van der Waals surface area (Å²) in [5, 5.41) is 33.0. The lowest BCUT2D eigenvalue weighted by molar-refractivity contribution is -0.293. The number of aliphatic hydroxyl groups excluding tert-OH is 3. The zero-order valence-electron chi connectivity index (χ0n) is 22.7. The standard InChI is InChI=1S/C28H36ClNO10/c1-30-9-5-8-19(32)11-16-6-4-7-17(10-16)15-38-25-20(29)12-18(13-21(25)36-2)27(35)40-26-24(34)23(33)22(14-31)39-28(26)37-3/h4,6-7,10,12-13,22-24,26,28,30-31,33-34H,5,8-9,11,14-15H2,1-3H3/t22-,23-,24+,26-,28+/m1/s1. The normalized spacial score (nSPS) is 22.5. The van der Waals surface area contributed by atoms with Gasteiger partial charge in [0.25, 0.3) is 0 Å². The van der Waals surface area contributed by atoms with Crippen molar-refractivity contribution in [2.24, 2.45) is 0 Å². The van der Waals surface area contributed by atoms with E-state index in [1.165, 1.54) is 26.4 Å². The molecule has 40 heavy (non-hydrogen) atoms. The summed E-state index contributed by atoms with van der Waals surface area (Å²) in [5.41, 5.74) is 1.69. The van der Waals surface area contributed by atoms with Crippen molar-refractivity contribution in [1.82, 2.24) is 5.32 Å². The first-order valence-electron chi connectivity index (χ1n) is 12.8. The van der Waals surface area contributed by atoms with Crippen molar-refractivity contribution in [3.8, 4) is 11.5 Å². The number of nitrogens with one attached hydrogen (secondary N) is 1. The average molecular weight is 582 g/mol. The van der Waals surface area contributed by atoms with Gasteiger partial charge < -0.3 is 44.3 Å². The molecule has 0 spiro atoms. The van der Waals surface area contributed by atoms with Crippen LogP contribution in [-0.2, 0) is 32.0 Å². The van der Waals surface area contributed by atoms with Gasteiger partial charge in [0.2, 0.25) is 0 Å². The first-order chi connectivity index (χ1) is 19.2. The van der Waals surface area contributed by atoms with Crippen LogP contribution in [0.25, 0.3) is 0 Å². The summed E-state index contributed by atoms with van der Waals surface area (Å²) in [6.45, 7) is 0.358. The molecule has 220 valence electrons. The smallest absolute Gasteiger partial charge is 0.338 e. The minimum Gasteiger partial charge on any atom is -0.493 e. The molecule has 0 amide bonds. The first kappa shape index (κ1) is 31.8. The molecule has 0 aromatic heterocycles. The molecule has 1 aliphatic rings. The van der Waals surface area contributed by atoms with Crippen LogP contribution in [-0.4, -0.2) is 92.2 Å². The molecule has 0 radical (unpaired) electrons. The Kier molecular flexibility index (Phi) is 12.1. The van der Waals surface area contributed by atoms with Crippen LogP contribution in [0.4, 0.5) is 0 Å². The van der Waals surface area contributed by atoms with Crippen molar-refractivity contribution in [2.75, 3.05) is 34.4 Å². The van der Waals surface area contributed by atoms with Crippen LogP contribution in [0, 0.1) is 0 Å². The molecule has 11 nitrogen and oxygen atoms in total. The highest BCUT2D eigenvalue weighted by atomic mass is 35.5. The molecule has 0 saturated carbocycles. The first-order valence-corrected chi connectivity index (χ1v) is 13.2. The minimum atomic E-state index is -1.57. The molecule has 1 aliphatic heterocycles. The highest BCUT2D eigenvalue weighted by Crippen LogP contribution is 2.37. The number of Topliss-reactive ketones (excluding diaryl/α,β-unsaturated/α-hetero) is 1. The van der Waals surface area contributed by atoms with E-state index in [0.29, 0.717) is 12.8 Å². The van der Waals surface area contributed by atoms with E-state index in [0.717, 1.165) is 24.1 Å². The third-order valence-corrected chi connectivity index (χ3v) is 6.70. The molecule has 5 atom stereocenters. The molecule has 1 saturated heterocycles. The number of halogens is 1. The van der Waals surface area contributed by atoms with Gasteiger partial charge in [0.05, 0.1) is 24.3 Å². The maximum Gasteiger partial charge on any atom is 0.338 e. The number of esters is 1. The van der Waals surface area contributed by atoms with E-state index in [9.17, 15) is 24.9 Å². The number of ketones is 1. The third kappa shape index (κ3) is 8.14. The molecule has 0 unspecified atom stereocenters. The molecule has 4 N–H and O–H groups in total. The van der Waals surface area contributed by atoms with Gasteiger partial charge in [-0.3, -0.25) is 4.79 Å². The number of carbonyl (C=O) groups excluding carboxylic acids is 2. The highest BCUT2D eigenvalue weighted by molar-refractivity contribution is 6.32. The van der Waals surface area contributed by atoms with Gasteiger partial charge in [-0.05, 0) is 43.3 Å². The molecule has 0 bridgehead atoms. The predicted molar refractivity (Wildman–Crippen MR) is 145 cm³/mol. The van der Waals surface area contributed by atoms with Crippen molar-refractivity contribution in [1.29, 1.82) is 0 Å². The molecule has 2 aromatic rings. The Balaban J connectivity index is 1.69. The quantitative estimate of drug-likeness (QED) is 0.190. The Morgan fingerprint density at radius 1 is 1.10 bits per heavy atom. The number of aliphatic hydroxyl groups is 3. The van der Waals surface area contributed by atoms with Gasteiger partial charge in [-0.15, -0.1) is 0 Å². The fourth-order valence-electron chi connectivity index (χ4n) is 4.30. The maximum atomic E-state index is 12.9. The van der Waals surface area contributed by atoms with Crippen LogP contribution in [0.1, 0.15) is 34.3 Å². The van der Waals surface area contributed by atoms with Crippen LogP contribution in [0.5, 0.6) is 11.5 Å². The van der Waals surface area contributed by atoms with E-state index in [2.05, 4.69) is 5.32 Å². The number of hydrogen-bond donors (Lipinski definition) is 4. The van der Waals surface area contributed by atoms with E-state index >= 15 is 0 Å². The number of ether oxygens (including phenoxy) is 5. The molecule has 1 heterocycles. The zero-order valence-corrected chi connectivity index (χ0v) is 23.4. The van der Waals surface area contributed by atoms with Gasteiger partial charge in [-0.2, -0.15) is 0 Å². The zero-order chi connectivity index (χ0) is 29.2. The van der Waals surface area contributed by atoms with E-state index in [1.807, 2.05) is 31.3 Å². The number of methoxy groups -OCH3 is 2. The van der Waals surface area contributed by atoms with Gasteiger partial charge in [0, 0.05) is 20.0 Å². The van der Waals surface area contributed by atoms with E-state index in [4.69, 9.17) is 35.3 Å². The Morgan fingerprint density at radius 3 is 2.52 bits per heavy atom. The molecule has 2 aromatic carbocycles. The fourth-order valence-corrected chi connectivity index (χ4v) is 4.57. The van der Waals surface area contributed by atoms with E-state index in [1.54, 1.807) is 0 Å². The molecule has 1 fully saturated rings. The Hall–Kier alpha value is -2.77. The lowest BCUT2D eigenvalue weighted by atomic mass is 9.99. The second kappa shape index (κ2) is 15.3. The molecule has 0 aliphatic carbocycles. The molecule has 12 heteroatoms. The monoisotopic (exact) mass is 581 g/mol. The van der Waals surface area contributed by atoms with Gasteiger partial charge in [0.1, 0.15) is 30.7 Å². The number of rotatable bonds is 14. The van der Waals surface area contributed by atoms with E-state index in [-0.39, 0.29) is 34.5 Å². The predicted octanol–water partition coefficient (Wildman–Crippen LogP) is 1.65. The van der Waals surface area contributed by atoms with Crippen molar-refractivity contribution >= 4 is 23.4 Å². The topological polar surface area (TPSA) is 153 Å². The third-order valence-electron chi connectivity index (χ3n) is 6.42. The Morgan fingerprint density at radius 2 is 1.85 bits per heavy atom. The molecular formula is C28H36ClNO10. The maximum absolute atomic E-state index is 12.9. The van der Waals surface area contributed by atoms with Crippen molar-refractivity contribution < 1.29 is 48.6 Å². The summed E-state index contributed by atoms with van der Waals surface area (Å²) >= 11 is 6.44. The van der Waals surface area contributed by atoms with Gasteiger partial charge in [-0.25, -0.2) is 4.79 Å². The minimum absolute atomic E-state index is 0.00573. The summed E-state index contributed by atoms with van der Waals surface area (Å²) in [6, 6.07) is 10.2. The number of hydrogen-bond acceptors (Lipinski definition) is 11. The van der Waals surface area contributed by atoms with Gasteiger partial charge >= 0.3 is 5.97 Å². The number of carbonyl (C=O) groups is 2. The van der Waals surface area contributed by atoms with E-state index < -0.39 is 43.3 Å². The molecule has 3 rings (SSSR count).